The Morgan fingerprint density at radius 3 is 3.00 bits per heavy atom. The van der Waals surface area contributed by atoms with Gasteiger partial charge in [0.15, 0.2) is 0 Å². The number of hydrogen-bond donors (Lipinski definition) is 2. The van der Waals surface area contributed by atoms with Crippen molar-refractivity contribution in [1.29, 1.82) is 0 Å². The quantitative estimate of drug-likeness (QED) is 0.866. The van der Waals surface area contributed by atoms with E-state index in [-0.39, 0.29) is 0 Å². The highest BCUT2D eigenvalue weighted by atomic mass is 16.3. The molecule has 1 aromatic carbocycles. The van der Waals surface area contributed by atoms with Gasteiger partial charge in [0.05, 0.1) is 0 Å². The van der Waals surface area contributed by atoms with E-state index in [0.29, 0.717) is 18.2 Å². The highest BCUT2D eigenvalue weighted by molar-refractivity contribution is 5.35. The average molecular weight is 244 g/mol. The molecule has 0 radical (unpaired) electrons. The van der Waals surface area contributed by atoms with Crippen LogP contribution in [0, 0.1) is 0 Å². The van der Waals surface area contributed by atoms with Crippen LogP contribution in [0.2, 0.25) is 0 Å². The molecule has 0 unspecified atom stereocenters. The van der Waals surface area contributed by atoms with Crippen molar-refractivity contribution < 1.29 is 5.11 Å². The molecule has 1 aliphatic rings. The Morgan fingerprint density at radius 1 is 1.28 bits per heavy atom. The summed E-state index contributed by atoms with van der Waals surface area (Å²) in [6, 6.07) is 7.29. The van der Waals surface area contributed by atoms with E-state index < -0.39 is 0 Å². The summed E-state index contributed by atoms with van der Waals surface area (Å²) < 4.78 is 1.97. The number of phenols is 1. The van der Waals surface area contributed by atoms with Crippen molar-refractivity contribution in [2.45, 2.75) is 32.4 Å². The molecule has 2 N–H and O–H groups in total. The van der Waals surface area contributed by atoms with Crippen molar-refractivity contribution in [3.63, 3.8) is 0 Å². The topological polar surface area (TPSA) is 63.0 Å². The number of nitrogens with one attached hydrogen (secondary N) is 1. The van der Waals surface area contributed by atoms with Gasteiger partial charge in [0.2, 0.25) is 5.95 Å². The van der Waals surface area contributed by atoms with Crippen molar-refractivity contribution in [1.82, 2.24) is 14.8 Å². The molecule has 0 amide bonds. The third-order valence-corrected chi connectivity index (χ3v) is 3.20. The summed E-state index contributed by atoms with van der Waals surface area (Å²) in [6.45, 7) is 1.50. The largest absolute Gasteiger partial charge is 0.508 e. The van der Waals surface area contributed by atoms with Crippen molar-refractivity contribution in [3.8, 4) is 5.75 Å². The van der Waals surface area contributed by atoms with Crippen LogP contribution in [0.5, 0.6) is 5.75 Å². The molecule has 3 rings (SSSR count). The van der Waals surface area contributed by atoms with Gasteiger partial charge < -0.3 is 10.4 Å². The van der Waals surface area contributed by atoms with Crippen LogP contribution < -0.4 is 5.32 Å². The highest BCUT2D eigenvalue weighted by Gasteiger charge is 2.13. The van der Waals surface area contributed by atoms with E-state index in [0.717, 1.165) is 24.4 Å². The van der Waals surface area contributed by atoms with Crippen LogP contribution in [0.1, 0.15) is 24.2 Å². The van der Waals surface area contributed by atoms with Gasteiger partial charge in [-0.1, -0.05) is 18.2 Å². The first-order valence-electron chi connectivity index (χ1n) is 6.27. The molecule has 18 heavy (non-hydrogen) atoms. The maximum atomic E-state index is 9.66. The maximum absolute atomic E-state index is 9.66. The van der Waals surface area contributed by atoms with Crippen LogP contribution in [-0.2, 0) is 19.5 Å². The second-order valence-corrected chi connectivity index (χ2v) is 4.51. The molecule has 0 bridgehead atoms. The number of aryl methyl sites for hydroxylation is 2. The fourth-order valence-electron chi connectivity index (χ4n) is 2.19. The number of rotatable bonds is 3. The molecule has 0 fully saturated rings. The fourth-order valence-corrected chi connectivity index (χ4v) is 2.19. The summed E-state index contributed by atoms with van der Waals surface area (Å²) in [7, 11) is 0. The van der Waals surface area contributed by atoms with E-state index in [2.05, 4.69) is 15.4 Å². The van der Waals surface area contributed by atoms with Gasteiger partial charge in [-0.2, -0.15) is 4.98 Å². The predicted molar refractivity (Wildman–Crippen MR) is 68.4 cm³/mol. The summed E-state index contributed by atoms with van der Waals surface area (Å²) in [6.07, 6.45) is 3.37. The second-order valence-electron chi connectivity index (χ2n) is 4.51. The molecular weight excluding hydrogens is 228 g/mol. The number of anilines is 1. The van der Waals surface area contributed by atoms with Crippen LogP contribution in [0.4, 0.5) is 5.95 Å². The molecule has 0 aliphatic carbocycles. The smallest absolute Gasteiger partial charge is 0.242 e. The standard InChI is InChI=1S/C13H16N4O/c18-11-6-2-1-5-10(11)9-14-13-15-12-7-3-4-8-17(12)16-13/h1-2,5-6,18H,3-4,7-9H2,(H,14,16). The molecule has 1 aliphatic heterocycles. The first kappa shape index (κ1) is 11.1. The molecule has 0 saturated carbocycles. The van der Waals surface area contributed by atoms with Crippen molar-refractivity contribution in [2.24, 2.45) is 0 Å². The van der Waals surface area contributed by atoms with E-state index in [1.165, 1.54) is 12.8 Å². The van der Waals surface area contributed by atoms with Gasteiger partial charge in [0.1, 0.15) is 11.6 Å². The van der Waals surface area contributed by atoms with Crippen molar-refractivity contribution in [3.05, 3.63) is 35.7 Å². The minimum absolute atomic E-state index is 0.300. The van der Waals surface area contributed by atoms with Gasteiger partial charge in [-0.15, -0.1) is 5.10 Å². The molecular formula is C13H16N4O. The van der Waals surface area contributed by atoms with Gasteiger partial charge in [-0.05, 0) is 18.9 Å². The minimum atomic E-state index is 0.300. The molecule has 0 saturated heterocycles. The fraction of sp³-hybridized carbons (Fsp3) is 0.385. The lowest BCUT2D eigenvalue weighted by Gasteiger charge is -2.09. The zero-order chi connectivity index (χ0) is 12.4. The van der Waals surface area contributed by atoms with Gasteiger partial charge in [0, 0.05) is 25.1 Å². The van der Waals surface area contributed by atoms with Gasteiger partial charge >= 0.3 is 0 Å². The van der Waals surface area contributed by atoms with Crippen molar-refractivity contribution >= 4 is 5.95 Å². The zero-order valence-electron chi connectivity index (χ0n) is 10.1. The van der Waals surface area contributed by atoms with Crippen LogP contribution in [0.3, 0.4) is 0 Å². The van der Waals surface area contributed by atoms with Gasteiger partial charge in [0.25, 0.3) is 0 Å². The Morgan fingerprint density at radius 2 is 2.17 bits per heavy atom. The number of aromatic nitrogens is 3. The molecule has 0 spiro atoms. The number of para-hydroxylation sites is 1. The number of hydrogen-bond acceptors (Lipinski definition) is 4. The highest BCUT2D eigenvalue weighted by Crippen LogP contribution is 2.18. The average Bonchev–Trinajstić information content (AvgIpc) is 2.80. The molecule has 1 aromatic heterocycles. The number of nitrogens with zero attached hydrogens (tertiary/aromatic N) is 3. The lowest BCUT2D eigenvalue weighted by atomic mass is 10.2. The Labute approximate surface area is 105 Å². The van der Waals surface area contributed by atoms with E-state index in [4.69, 9.17) is 0 Å². The Balaban J connectivity index is 1.70. The molecule has 2 heterocycles. The molecule has 94 valence electrons. The second kappa shape index (κ2) is 4.68. The molecule has 2 aromatic rings. The Hall–Kier alpha value is -2.04. The monoisotopic (exact) mass is 244 g/mol. The molecule has 0 atom stereocenters. The number of phenolic OH excluding ortho intramolecular Hbond substituents is 1. The summed E-state index contributed by atoms with van der Waals surface area (Å²) in [4.78, 5) is 4.45. The number of fused-ring (bicyclic) bond motifs is 1. The number of benzene rings is 1. The summed E-state index contributed by atoms with van der Waals surface area (Å²) in [5.74, 6) is 2.00. The van der Waals surface area contributed by atoms with E-state index >= 15 is 0 Å². The zero-order valence-corrected chi connectivity index (χ0v) is 10.1. The Bertz CT molecular complexity index is 526. The van der Waals surface area contributed by atoms with Gasteiger partial charge in [-0.25, -0.2) is 4.68 Å². The first-order valence-corrected chi connectivity index (χ1v) is 6.27. The third-order valence-electron chi connectivity index (χ3n) is 3.20. The SMILES string of the molecule is Oc1ccccc1CNc1nc2n(n1)CCCC2. The van der Waals surface area contributed by atoms with E-state index in [9.17, 15) is 5.11 Å². The predicted octanol–water partition coefficient (Wildman–Crippen LogP) is 1.93. The minimum Gasteiger partial charge on any atom is -0.508 e. The lowest BCUT2D eigenvalue weighted by Crippen LogP contribution is -2.11. The summed E-state index contributed by atoms with van der Waals surface area (Å²) in [5.41, 5.74) is 0.852. The third kappa shape index (κ3) is 2.16. The van der Waals surface area contributed by atoms with Crippen LogP contribution in [-0.4, -0.2) is 19.9 Å². The summed E-state index contributed by atoms with van der Waals surface area (Å²) in [5, 5.41) is 17.2. The normalized spacial score (nSPS) is 14.2. The van der Waals surface area contributed by atoms with Crippen LogP contribution in [0.15, 0.2) is 24.3 Å². The van der Waals surface area contributed by atoms with Crippen LogP contribution in [0.25, 0.3) is 0 Å². The van der Waals surface area contributed by atoms with E-state index in [1.807, 2.05) is 22.9 Å². The molecule has 5 nitrogen and oxygen atoms in total. The summed E-state index contributed by atoms with van der Waals surface area (Å²) >= 11 is 0. The maximum Gasteiger partial charge on any atom is 0.242 e. The first-order chi connectivity index (χ1) is 8.83. The lowest BCUT2D eigenvalue weighted by molar-refractivity contribution is 0.469. The van der Waals surface area contributed by atoms with Crippen LogP contribution >= 0.6 is 0 Å². The van der Waals surface area contributed by atoms with E-state index in [1.54, 1.807) is 6.07 Å². The van der Waals surface area contributed by atoms with Gasteiger partial charge in [-0.3, -0.25) is 0 Å². The Kier molecular flexibility index (Phi) is 2.88. The number of aromatic hydroxyl groups is 1. The van der Waals surface area contributed by atoms with Crippen molar-refractivity contribution in [2.75, 3.05) is 5.32 Å². The molecule has 5 heteroatoms.